The molecule has 2 atom stereocenters. The van der Waals surface area contributed by atoms with Crippen molar-refractivity contribution in [3.05, 3.63) is 17.3 Å². The number of hydrogen-bond donors (Lipinski definition) is 1. The second-order valence-corrected chi connectivity index (χ2v) is 7.13. The Hall–Kier alpha value is -1.58. The summed E-state index contributed by atoms with van der Waals surface area (Å²) in [5, 5.41) is 10.4. The van der Waals surface area contributed by atoms with Crippen molar-refractivity contribution < 1.29 is 9.84 Å². The molecule has 0 amide bonds. The van der Waals surface area contributed by atoms with Crippen molar-refractivity contribution in [2.24, 2.45) is 10.9 Å². The summed E-state index contributed by atoms with van der Waals surface area (Å²) < 4.78 is 6.24. The third-order valence-electron chi connectivity index (χ3n) is 4.91. The summed E-state index contributed by atoms with van der Waals surface area (Å²) in [5.41, 5.74) is 2.55. The monoisotopic (exact) mass is 302 g/mol. The van der Waals surface area contributed by atoms with E-state index in [9.17, 15) is 5.11 Å². The first-order valence-electron chi connectivity index (χ1n) is 8.37. The third-order valence-corrected chi connectivity index (χ3v) is 4.91. The van der Waals surface area contributed by atoms with Gasteiger partial charge in [0.25, 0.3) is 0 Å². The van der Waals surface area contributed by atoms with Crippen LogP contribution in [0.2, 0.25) is 0 Å². The number of fused-ring (bicyclic) bond motifs is 3. The van der Waals surface area contributed by atoms with E-state index in [1.165, 1.54) is 12.8 Å². The molecule has 3 heterocycles. The Labute approximate surface area is 132 Å². The zero-order valence-corrected chi connectivity index (χ0v) is 14.0. The minimum Gasteiger partial charge on any atom is -0.493 e. The number of nitrogens with zero attached hydrogens (tertiary/aromatic N) is 2. The highest BCUT2D eigenvalue weighted by molar-refractivity contribution is 5.85. The number of unbranched alkanes of at least 4 members (excludes halogenated alkanes) is 2. The van der Waals surface area contributed by atoms with Crippen LogP contribution in [0.15, 0.2) is 11.1 Å². The fraction of sp³-hybridized carbons (Fsp3) is 0.667. The zero-order valence-electron chi connectivity index (χ0n) is 14.0. The van der Waals surface area contributed by atoms with Crippen molar-refractivity contribution in [2.75, 3.05) is 0 Å². The molecular weight excluding hydrogens is 276 g/mol. The van der Waals surface area contributed by atoms with E-state index in [0.29, 0.717) is 0 Å². The first-order chi connectivity index (χ1) is 10.4. The predicted octanol–water partition coefficient (Wildman–Crippen LogP) is 4.21. The molecule has 3 rings (SSSR count). The van der Waals surface area contributed by atoms with Crippen molar-refractivity contribution in [2.45, 2.75) is 71.4 Å². The van der Waals surface area contributed by atoms with Crippen LogP contribution in [-0.4, -0.2) is 21.4 Å². The maximum atomic E-state index is 10.4. The lowest BCUT2D eigenvalue weighted by atomic mass is 9.78. The van der Waals surface area contributed by atoms with E-state index in [2.05, 4.69) is 32.7 Å². The number of aromatic hydroxyl groups is 1. The summed E-state index contributed by atoms with van der Waals surface area (Å²) >= 11 is 0. The molecule has 120 valence electrons. The molecule has 4 heteroatoms. The van der Waals surface area contributed by atoms with Crippen molar-refractivity contribution in [3.63, 3.8) is 0 Å². The highest BCUT2D eigenvalue weighted by Gasteiger charge is 2.48. The number of ether oxygens (including phenoxy) is 1. The second-order valence-electron chi connectivity index (χ2n) is 7.13. The average molecular weight is 302 g/mol. The van der Waals surface area contributed by atoms with Gasteiger partial charge in [0.15, 0.2) is 0 Å². The fourth-order valence-electron chi connectivity index (χ4n) is 3.68. The fourth-order valence-corrected chi connectivity index (χ4v) is 3.68. The van der Waals surface area contributed by atoms with E-state index in [4.69, 9.17) is 9.73 Å². The van der Waals surface area contributed by atoms with Gasteiger partial charge in [-0.3, -0.25) is 4.99 Å². The highest BCUT2D eigenvalue weighted by Crippen LogP contribution is 2.52. The summed E-state index contributed by atoms with van der Waals surface area (Å²) in [5.74, 6) is 1.15. The van der Waals surface area contributed by atoms with E-state index in [1.807, 2.05) is 6.07 Å². The van der Waals surface area contributed by atoms with Gasteiger partial charge in [-0.2, -0.15) is 0 Å². The van der Waals surface area contributed by atoms with Crippen LogP contribution in [0.1, 0.15) is 70.7 Å². The number of hydrogen-bond acceptors (Lipinski definition) is 4. The Bertz CT molecular complexity index is 607. The second kappa shape index (κ2) is 5.56. The molecule has 1 aromatic rings. The predicted molar refractivity (Wildman–Crippen MR) is 87.8 cm³/mol. The minimum atomic E-state index is -0.270. The number of aryl methyl sites for hydroxylation is 1. The van der Waals surface area contributed by atoms with Gasteiger partial charge in [0.2, 0.25) is 5.88 Å². The van der Waals surface area contributed by atoms with Gasteiger partial charge in [-0.05, 0) is 40.0 Å². The number of rotatable bonds is 4. The highest BCUT2D eigenvalue weighted by atomic mass is 16.5. The lowest BCUT2D eigenvalue weighted by Crippen LogP contribution is -2.43. The van der Waals surface area contributed by atoms with Gasteiger partial charge in [0.05, 0.1) is 11.6 Å². The molecule has 0 aliphatic carbocycles. The van der Waals surface area contributed by atoms with Crippen LogP contribution in [0.3, 0.4) is 0 Å². The van der Waals surface area contributed by atoms with Crippen LogP contribution in [0.4, 0.5) is 0 Å². The van der Waals surface area contributed by atoms with Gasteiger partial charge in [-0.25, -0.2) is 4.98 Å². The van der Waals surface area contributed by atoms with E-state index in [-0.39, 0.29) is 23.4 Å². The summed E-state index contributed by atoms with van der Waals surface area (Å²) in [7, 11) is 0. The van der Waals surface area contributed by atoms with E-state index >= 15 is 0 Å². The molecule has 1 aromatic heterocycles. The number of aliphatic imine (C=N–C) groups is 1. The molecule has 1 N–H and O–H groups in total. The summed E-state index contributed by atoms with van der Waals surface area (Å²) in [6, 6.07) is 1.99. The Morgan fingerprint density at radius 3 is 2.86 bits per heavy atom. The van der Waals surface area contributed by atoms with Crippen LogP contribution >= 0.6 is 0 Å². The maximum Gasteiger partial charge on any atom is 0.220 e. The lowest BCUT2D eigenvalue weighted by molar-refractivity contribution is 0.0185. The molecule has 0 aromatic carbocycles. The molecule has 2 unspecified atom stereocenters. The van der Waals surface area contributed by atoms with Crippen LogP contribution in [0.25, 0.3) is 0 Å². The SMILES string of the molecule is CCCCCc1cc2c(c(O)n1)C1N=C(C)CC1C(C)(C)O2. The molecular formula is C18H26N2O2. The summed E-state index contributed by atoms with van der Waals surface area (Å²) in [6.07, 6.45) is 5.26. The zero-order chi connectivity index (χ0) is 15.9. The largest absolute Gasteiger partial charge is 0.493 e. The van der Waals surface area contributed by atoms with Gasteiger partial charge >= 0.3 is 0 Å². The van der Waals surface area contributed by atoms with Gasteiger partial charge in [0.1, 0.15) is 11.4 Å². The average Bonchev–Trinajstić information content (AvgIpc) is 2.80. The van der Waals surface area contributed by atoms with Crippen LogP contribution in [0, 0.1) is 5.92 Å². The van der Waals surface area contributed by atoms with E-state index < -0.39 is 0 Å². The number of aromatic nitrogens is 1. The Balaban J connectivity index is 1.97. The Morgan fingerprint density at radius 2 is 2.14 bits per heavy atom. The Kier molecular flexibility index (Phi) is 3.87. The van der Waals surface area contributed by atoms with Gasteiger partial charge in [0, 0.05) is 23.4 Å². The smallest absolute Gasteiger partial charge is 0.220 e. The molecule has 4 nitrogen and oxygen atoms in total. The molecule has 0 saturated heterocycles. The molecule has 2 aliphatic heterocycles. The quantitative estimate of drug-likeness (QED) is 0.847. The van der Waals surface area contributed by atoms with Gasteiger partial charge in [-0.1, -0.05) is 19.8 Å². The minimum absolute atomic E-state index is 0.0176. The van der Waals surface area contributed by atoms with Crippen LogP contribution in [0.5, 0.6) is 11.6 Å². The van der Waals surface area contributed by atoms with Crippen molar-refractivity contribution in [1.29, 1.82) is 0 Å². The van der Waals surface area contributed by atoms with Crippen LogP contribution in [-0.2, 0) is 6.42 Å². The van der Waals surface area contributed by atoms with E-state index in [1.54, 1.807) is 0 Å². The molecule has 22 heavy (non-hydrogen) atoms. The summed E-state index contributed by atoms with van der Waals surface area (Å²) in [6.45, 7) is 8.48. The molecule has 0 fully saturated rings. The molecule has 0 radical (unpaired) electrons. The molecule has 0 spiro atoms. The molecule has 0 saturated carbocycles. The first-order valence-corrected chi connectivity index (χ1v) is 8.37. The normalized spacial score (nSPS) is 25.2. The van der Waals surface area contributed by atoms with Crippen LogP contribution < -0.4 is 4.74 Å². The lowest BCUT2D eigenvalue weighted by Gasteiger charge is -2.41. The topological polar surface area (TPSA) is 54.7 Å². The number of pyridine rings is 1. The standard InChI is InChI=1S/C18H26N2O2/c1-5-6-7-8-12-10-14-15(17(21)20-12)16-13(9-11(2)19-16)18(3,4)22-14/h10,13,16H,5-9H2,1-4H3,(H,20,21). The third kappa shape index (κ3) is 2.59. The summed E-state index contributed by atoms with van der Waals surface area (Å²) in [4.78, 5) is 9.15. The Morgan fingerprint density at radius 1 is 1.36 bits per heavy atom. The van der Waals surface area contributed by atoms with E-state index in [0.717, 1.165) is 42.0 Å². The van der Waals surface area contributed by atoms with Gasteiger partial charge < -0.3 is 9.84 Å². The maximum absolute atomic E-state index is 10.4. The van der Waals surface area contributed by atoms with Crippen molar-refractivity contribution in [1.82, 2.24) is 4.98 Å². The molecule has 0 bridgehead atoms. The first kappa shape index (κ1) is 15.3. The van der Waals surface area contributed by atoms with Gasteiger partial charge in [-0.15, -0.1) is 0 Å². The van der Waals surface area contributed by atoms with Crippen molar-refractivity contribution in [3.8, 4) is 11.6 Å². The molecule has 2 aliphatic rings. The van der Waals surface area contributed by atoms with Crippen molar-refractivity contribution >= 4 is 5.71 Å².